The van der Waals surface area contributed by atoms with Crippen molar-refractivity contribution in [3.63, 3.8) is 0 Å². The largest absolute Gasteiger partial charge is 0.493 e. The molecule has 0 aliphatic carbocycles. The number of carbonyl (C=O) groups excluding carboxylic acids is 1. The van der Waals surface area contributed by atoms with Crippen molar-refractivity contribution < 1.29 is 22.7 Å². The number of hydrogen-bond donors (Lipinski definition) is 1. The Hall–Kier alpha value is -2.74. The molecular formula is C22H28N2O5S. The molecule has 1 aliphatic rings. The molecule has 1 amide bonds. The molecule has 0 spiro atoms. The minimum atomic E-state index is -3.83. The van der Waals surface area contributed by atoms with E-state index in [0.717, 1.165) is 11.1 Å². The van der Waals surface area contributed by atoms with E-state index in [1.54, 1.807) is 37.4 Å². The summed E-state index contributed by atoms with van der Waals surface area (Å²) in [6, 6.07) is 8.09. The summed E-state index contributed by atoms with van der Waals surface area (Å²) < 4.78 is 40.0. The highest BCUT2D eigenvalue weighted by atomic mass is 32.2. The van der Waals surface area contributed by atoms with Gasteiger partial charge in [-0.2, -0.15) is 0 Å². The summed E-state index contributed by atoms with van der Waals surface area (Å²) in [7, 11) is -2.17. The third-order valence-electron chi connectivity index (χ3n) is 5.08. The Bertz CT molecular complexity index is 1070. The molecule has 3 rings (SSSR count). The van der Waals surface area contributed by atoms with E-state index in [1.165, 1.54) is 4.90 Å². The Labute approximate surface area is 178 Å². The second kappa shape index (κ2) is 7.83. The van der Waals surface area contributed by atoms with Crippen LogP contribution in [0.25, 0.3) is 0 Å². The Morgan fingerprint density at radius 2 is 1.80 bits per heavy atom. The van der Waals surface area contributed by atoms with Crippen LogP contribution in [0.1, 0.15) is 31.9 Å². The number of ether oxygens (including phenoxy) is 2. The summed E-state index contributed by atoms with van der Waals surface area (Å²) in [5.74, 6) is 1.13. The van der Waals surface area contributed by atoms with Crippen LogP contribution in [0.4, 0.5) is 11.4 Å². The molecule has 2 aromatic carbocycles. The first-order valence-corrected chi connectivity index (χ1v) is 11.3. The Morgan fingerprint density at radius 1 is 1.17 bits per heavy atom. The fourth-order valence-electron chi connectivity index (χ4n) is 3.50. The third kappa shape index (κ3) is 4.09. The first kappa shape index (κ1) is 22.0. The lowest BCUT2D eigenvalue weighted by Crippen LogP contribution is -2.39. The van der Waals surface area contributed by atoms with Gasteiger partial charge in [0.1, 0.15) is 18.1 Å². The van der Waals surface area contributed by atoms with Crippen LogP contribution in [0, 0.1) is 19.3 Å². The quantitative estimate of drug-likeness (QED) is 0.775. The normalized spacial score (nSPS) is 15.8. The van der Waals surface area contributed by atoms with Gasteiger partial charge in [-0.3, -0.25) is 9.52 Å². The SMILES string of the molecule is CCOc1c(C)cc(S(=O)(=O)Nc2ccc3c(c2)N(C)C(=O)C(C)(C)CO3)cc1C. The number of hydrogen-bond acceptors (Lipinski definition) is 5. The molecule has 0 radical (unpaired) electrons. The van der Waals surface area contributed by atoms with E-state index in [1.807, 2.05) is 34.6 Å². The molecule has 162 valence electrons. The lowest BCUT2D eigenvalue weighted by molar-refractivity contribution is -0.127. The molecule has 0 saturated heterocycles. The van der Waals surface area contributed by atoms with E-state index >= 15 is 0 Å². The number of carbonyl (C=O) groups is 1. The van der Waals surface area contributed by atoms with E-state index in [-0.39, 0.29) is 17.4 Å². The topological polar surface area (TPSA) is 84.9 Å². The fourth-order valence-corrected chi connectivity index (χ4v) is 4.72. The molecule has 0 unspecified atom stereocenters. The highest BCUT2D eigenvalue weighted by molar-refractivity contribution is 7.92. The number of sulfonamides is 1. The zero-order chi connectivity index (χ0) is 22.3. The molecule has 1 aliphatic heterocycles. The van der Waals surface area contributed by atoms with Crippen molar-refractivity contribution >= 4 is 27.3 Å². The Kier molecular flexibility index (Phi) is 5.73. The minimum absolute atomic E-state index is 0.0981. The van der Waals surface area contributed by atoms with Gasteiger partial charge in [-0.1, -0.05) is 0 Å². The van der Waals surface area contributed by atoms with Crippen LogP contribution in [0.2, 0.25) is 0 Å². The van der Waals surface area contributed by atoms with Crippen LogP contribution in [0.15, 0.2) is 35.2 Å². The molecule has 1 heterocycles. The van der Waals surface area contributed by atoms with Gasteiger partial charge in [0.2, 0.25) is 5.91 Å². The number of fused-ring (bicyclic) bond motifs is 1. The maximum absolute atomic E-state index is 13.0. The third-order valence-corrected chi connectivity index (χ3v) is 6.44. The van der Waals surface area contributed by atoms with Crippen LogP contribution in [0.3, 0.4) is 0 Å². The minimum Gasteiger partial charge on any atom is -0.493 e. The average Bonchev–Trinajstić information content (AvgIpc) is 2.75. The van der Waals surface area contributed by atoms with Crippen molar-refractivity contribution in [2.75, 3.05) is 29.9 Å². The molecule has 8 heteroatoms. The van der Waals surface area contributed by atoms with Crippen LogP contribution in [-0.4, -0.2) is 34.6 Å². The van der Waals surface area contributed by atoms with Gasteiger partial charge < -0.3 is 14.4 Å². The number of nitrogens with zero attached hydrogens (tertiary/aromatic N) is 1. The number of amides is 1. The molecule has 30 heavy (non-hydrogen) atoms. The van der Waals surface area contributed by atoms with Gasteiger partial charge in [-0.15, -0.1) is 0 Å². The zero-order valence-electron chi connectivity index (χ0n) is 18.2. The molecule has 1 N–H and O–H groups in total. The van der Waals surface area contributed by atoms with Gasteiger partial charge in [0.05, 0.1) is 28.3 Å². The van der Waals surface area contributed by atoms with Crippen molar-refractivity contribution in [1.29, 1.82) is 0 Å². The first-order valence-electron chi connectivity index (χ1n) is 9.78. The van der Waals surface area contributed by atoms with E-state index in [4.69, 9.17) is 9.47 Å². The average molecular weight is 433 g/mol. The predicted molar refractivity (Wildman–Crippen MR) is 117 cm³/mol. The first-order chi connectivity index (χ1) is 14.0. The van der Waals surface area contributed by atoms with Gasteiger partial charge in [-0.05, 0) is 76.1 Å². The van der Waals surface area contributed by atoms with Crippen LogP contribution >= 0.6 is 0 Å². The molecule has 0 fully saturated rings. The van der Waals surface area contributed by atoms with Gasteiger partial charge in [0, 0.05) is 7.05 Å². The summed E-state index contributed by atoms with van der Waals surface area (Å²) in [6.45, 7) is 9.91. The van der Waals surface area contributed by atoms with Crippen LogP contribution < -0.4 is 19.1 Å². The van der Waals surface area contributed by atoms with Crippen molar-refractivity contribution in [1.82, 2.24) is 0 Å². The summed E-state index contributed by atoms with van der Waals surface area (Å²) in [5.41, 5.74) is 1.69. The fraction of sp³-hybridized carbons (Fsp3) is 0.409. The molecule has 0 bridgehead atoms. The Balaban J connectivity index is 1.94. The van der Waals surface area contributed by atoms with Crippen molar-refractivity contribution in [3.05, 3.63) is 41.5 Å². The molecule has 0 atom stereocenters. The number of aryl methyl sites for hydroxylation is 2. The van der Waals surface area contributed by atoms with Crippen LogP contribution in [-0.2, 0) is 14.8 Å². The lowest BCUT2D eigenvalue weighted by Gasteiger charge is -2.24. The molecule has 7 nitrogen and oxygen atoms in total. The predicted octanol–water partition coefficient (Wildman–Crippen LogP) is 3.88. The number of nitrogens with one attached hydrogen (secondary N) is 1. The maximum atomic E-state index is 13.0. The molecule has 2 aromatic rings. The van der Waals surface area contributed by atoms with E-state index in [2.05, 4.69) is 4.72 Å². The second-order valence-corrected chi connectivity index (χ2v) is 9.83. The zero-order valence-corrected chi connectivity index (χ0v) is 19.0. The van der Waals surface area contributed by atoms with E-state index < -0.39 is 15.4 Å². The number of benzene rings is 2. The second-order valence-electron chi connectivity index (χ2n) is 8.14. The van der Waals surface area contributed by atoms with Gasteiger partial charge in [-0.25, -0.2) is 8.42 Å². The summed E-state index contributed by atoms with van der Waals surface area (Å²) in [6.07, 6.45) is 0. The molecule has 0 saturated carbocycles. The smallest absolute Gasteiger partial charge is 0.261 e. The summed E-state index contributed by atoms with van der Waals surface area (Å²) >= 11 is 0. The highest BCUT2D eigenvalue weighted by Gasteiger charge is 2.36. The molecular weight excluding hydrogens is 404 g/mol. The van der Waals surface area contributed by atoms with Crippen molar-refractivity contribution in [3.8, 4) is 11.5 Å². The maximum Gasteiger partial charge on any atom is 0.261 e. The van der Waals surface area contributed by atoms with Crippen molar-refractivity contribution in [2.24, 2.45) is 5.41 Å². The number of rotatable bonds is 5. The Morgan fingerprint density at radius 3 is 2.40 bits per heavy atom. The van der Waals surface area contributed by atoms with Gasteiger partial charge in [0.25, 0.3) is 10.0 Å². The summed E-state index contributed by atoms with van der Waals surface area (Å²) in [5, 5.41) is 0. The molecule has 0 aromatic heterocycles. The van der Waals surface area contributed by atoms with Crippen molar-refractivity contribution in [2.45, 2.75) is 39.5 Å². The van der Waals surface area contributed by atoms with Crippen LogP contribution in [0.5, 0.6) is 11.5 Å². The van der Waals surface area contributed by atoms with Gasteiger partial charge in [0.15, 0.2) is 0 Å². The van der Waals surface area contributed by atoms with E-state index in [0.29, 0.717) is 29.5 Å². The van der Waals surface area contributed by atoms with Gasteiger partial charge >= 0.3 is 0 Å². The van der Waals surface area contributed by atoms with E-state index in [9.17, 15) is 13.2 Å². The monoisotopic (exact) mass is 432 g/mol. The lowest BCUT2D eigenvalue weighted by atomic mass is 9.93. The standard InChI is InChI=1S/C22H28N2O5S/c1-7-28-20-14(2)10-17(11-15(20)3)30(26,27)23-16-8-9-19-18(12-16)24(6)21(25)22(4,5)13-29-19/h8-12,23H,7,13H2,1-6H3. The highest BCUT2D eigenvalue weighted by Crippen LogP contribution is 2.38. The number of anilines is 2. The summed E-state index contributed by atoms with van der Waals surface area (Å²) in [4.78, 5) is 14.4.